The third-order valence-electron chi connectivity index (χ3n) is 0.550. The number of hydrogen-bond donors (Lipinski definition) is 2. The number of nitrogen functional groups attached to an aromatic ring is 2. The molecule has 0 spiro atoms. The lowest BCUT2D eigenvalue weighted by Crippen LogP contribution is -2.55. The summed E-state index contributed by atoms with van der Waals surface area (Å²) in [5.74, 6) is 10.1. The molecule has 0 amide bonds. The Morgan fingerprint density at radius 3 is 2.57 bits per heavy atom. The standard InChI is InChI=1S/CH5N6/c2-6-1-4-5-7(6)3/h1H,(H4,2,3,5)/q+1. The van der Waals surface area contributed by atoms with Crippen LogP contribution in [0, 0.1) is 0 Å². The number of hydrogen-bond acceptors (Lipinski definition) is 4. The highest BCUT2D eigenvalue weighted by atomic mass is 15.8. The Hall–Kier alpha value is -1.33. The summed E-state index contributed by atoms with van der Waals surface area (Å²) in [5, 5.41) is 6.65. The van der Waals surface area contributed by atoms with E-state index in [4.69, 9.17) is 11.7 Å². The van der Waals surface area contributed by atoms with Gasteiger partial charge in [-0.25, -0.2) is 5.84 Å². The molecule has 1 aromatic rings. The van der Waals surface area contributed by atoms with E-state index in [2.05, 4.69) is 10.3 Å². The summed E-state index contributed by atoms with van der Waals surface area (Å²) in [6, 6.07) is 0. The fraction of sp³-hybridized carbons (Fsp3) is 0. The topological polar surface area (TPSA) is 86.6 Å². The monoisotopic (exact) mass is 101 g/mol. The van der Waals surface area contributed by atoms with Gasteiger partial charge in [0.1, 0.15) is 0 Å². The van der Waals surface area contributed by atoms with Gasteiger partial charge in [-0.15, -0.1) is 0 Å². The number of tetrazole rings is 1. The van der Waals surface area contributed by atoms with Crippen LogP contribution in [-0.2, 0) is 0 Å². The normalized spacial score (nSPS) is 9.14. The smallest absolute Gasteiger partial charge is 0.277 e. The summed E-state index contributed by atoms with van der Waals surface area (Å²) in [5.41, 5.74) is 0. The van der Waals surface area contributed by atoms with Crippen LogP contribution in [0.1, 0.15) is 0 Å². The molecule has 0 bridgehead atoms. The molecule has 0 saturated heterocycles. The second-order valence-electron chi connectivity index (χ2n) is 1.02. The van der Waals surface area contributed by atoms with Gasteiger partial charge < -0.3 is 0 Å². The Kier molecular flexibility index (Phi) is 0.588. The lowest BCUT2D eigenvalue weighted by Gasteiger charge is -1.80. The molecule has 1 rings (SSSR count). The average molecular weight is 101 g/mol. The highest BCUT2D eigenvalue weighted by Gasteiger charge is 1.94. The van der Waals surface area contributed by atoms with Crippen LogP contribution in [0.4, 0.5) is 0 Å². The highest BCUT2D eigenvalue weighted by molar-refractivity contribution is 4.17. The van der Waals surface area contributed by atoms with Crippen LogP contribution in [0.15, 0.2) is 6.33 Å². The van der Waals surface area contributed by atoms with Crippen molar-refractivity contribution in [2.24, 2.45) is 0 Å². The van der Waals surface area contributed by atoms with Gasteiger partial charge in [0.2, 0.25) is 0 Å². The van der Waals surface area contributed by atoms with Gasteiger partial charge in [-0.3, -0.25) is 5.84 Å². The number of nitrogens with two attached hydrogens (primary N) is 2. The molecule has 4 N–H and O–H groups in total. The van der Waals surface area contributed by atoms with Crippen LogP contribution >= 0.6 is 0 Å². The lowest BCUT2D eigenvalue weighted by molar-refractivity contribution is -0.724. The Morgan fingerprint density at radius 2 is 2.43 bits per heavy atom. The Balaban J connectivity index is 3.12. The molecule has 38 valence electrons. The van der Waals surface area contributed by atoms with E-state index in [0.717, 1.165) is 9.70 Å². The molecule has 0 atom stereocenters. The predicted molar refractivity (Wildman–Crippen MR) is 20.5 cm³/mol. The molecular weight excluding hydrogens is 96.1 g/mol. The van der Waals surface area contributed by atoms with Crippen LogP contribution in [0.2, 0.25) is 0 Å². The van der Waals surface area contributed by atoms with Crippen molar-refractivity contribution in [3.8, 4) is 0 Å². The first-order valence-electron chi connectivity index (χ1n) is 1.63. The molecule has 0 unspecified atom stereocenters. The molecule has 0 fully saturated rings. The molecule has 0 radical (unpaired) electrons. The maximum atomic E-state index is 5.07. The molecule has 0 saturated carbocycles. The van der Waals surface area contributed by atoms with Crippen molar-refractivity contribution in [2.75, 3.05) is 11.7 Å². The fourth-order valence-electron chi connectivity index (χ4n) is 0.228. The van der Waals surface area contributed by atoms with Crippen LogP contribution in [-0.4, -0.2) is 15.2 Å². The zero-order valence-electron chi connectivity index (χ0n) is 3.52. The summed E-state index contributed by atoms with van der Waals surface area (Å²) in [6.45, 7) is 0. The fourth-order valence-corrected chi connectivity index (χ4v) is 0.228. The maximum Gasteiger partial charge on any atom is 0.277 e. The minimum Gasteiger partial charge on any atom is -0.282 e. The van der Waals surface area contributed by atoms with Crippen LogP contribution in [0.25, 0.3) is 0 Å². The van der Waals surface area contributed by atoms with Crippen LogP contribution < -0.4 is 16.5 Å². The zero-order chi connectivity index (χ0) is 5.28. The van der Waals surface area contributed by atoms with Gasteiger partial charge in [0.25, 0.3) is 6.33 Å². The third kappa shape index (κ3) is 0.443. The molecule has 0 aliphatic rings. The maximum absolute atomic E-state index is 5.07. The first-order valence-corrected chi connectivity index (χ1v) is 1.63. The van der Waals surface area contributed by atoms with Crippen molar-refractivity contribution in [2.45, 2.75) is 0 Å². The van der Waals surface area contributed by atoms with Gasteiger partial charge >= 0.3 is 0 Å². The molecule has 6 nitrogen and oxygen atoms in total. The van der Waals surface area contributed by atoms with E-state index in [1.54, 1.807) is 0 Å². The van der Waals surface area contributed by atoms with E-state index >= 15 is 0 Å². The lowest BCUT2D eigenvalue weighted by atomic mass is 11.4. The minimum atomic E-state index is 0.917. The van der Waals surface area contributed by atoms with Crippen molar-refractivity contribution >= 4 is 0 Å². The van der Waals surface area contributed by atoms with Gasteiger partial charge in [-0.05, 0) is 0 Å². The summed E-state index contributed by atoms with van der Waals surface area (Å²) in [7, 11) is 0. The van der Waals surface area contributed by atoms with Gasteiger partial charge in [0.15, 0.2) is 5.21 Å². The minimum absolute atomic E-state index is 0.917. The van der Waals surface area contributed by atoms with E-state index < -0.39 is 0 Å². The van der Waals surface area contributed by atoms with Crippen molar-refractivity contribution in [1.29, 1.82) is 0 Å². The predicted octanol–water partition coefficient (Wildman–Crippen LogP) is -3.01. The van der Waals surface area contributed by atoms with Crippen LogP contribution in [0.5, 0.6) is 0 Å². The number of nitrogens with zero attached hydrogens (tertiary/aromatic N) is 4. The first-order chi connectivity index (χ1) is 3.30. The SMILES string of the molecule is Nn1nnc[n+]1N. The van der Waals surface area contributed by atoms with E-state index in [1.807, 2.05) is 0 Å². The molecular formula is CH5N6+. The van der Waals surface area contributed by atoms with Crippen molar-refractivity contribution in [1.82, 2.24) is 15.2 Å². The molecule has 6 heteroatoms. The summed E-state index contributed by atoms with van der Waals surface area (Å²) < 4.78 is 0. The molecule has 1 heterocycles. The quantitative estimate of drug-likeness (QED) is 0.269. The summed E-state index contributed by atoms with van der Waals surface area (Å²) in [4.78, 5) is 1.97. The summed E-state index contributed by atoms with van der Waals surface area (Å²) >= 11 is 0. The number of aromatic nitrogens is 4. The Labute approximate surface area is 39.2 Å². The molecule has 0 aromatic carbocycles. The van der Waals surface area contributed by atoms with E-state index in [-0.39, 0.29) is 0 Å². The van der Waals surface area contributed by atoms with E-state index in [0.29, 0.717) is 0 Å². The molecule has 7 heavy (non-hydrogen) atoms. The van der Waals surface area contributed by atoms with E-state index in [1.165, 1.54) is 6.33 Å². The van der Waals surface area contributed by atoms with E-state index in [9.17, 15) is 0 Å². The third-order valence-corrected chi connectivity index (χ3v) is 0.550. The van der Waals surface area contributed by atoms with Crippen molar-refractivity contribution in [3.63, 3.8) is 0 Å². The van der Waals surface area contributed by atoms with Gasteiger partial charge in [0.05, 0.1) is 10.0 Å². The van der Waals surface area contributed by atoms with Crippen LogP contribution in [0.3, 0.4) is 0 Å². The second-order valence-corrected chi connectivity index (χ2v) is 1.02. The Morgan fingerprint density at radius 1 is 1.71 bits per heavy atom. The van der Waals surface area contributed by atoms with Crippen molar-refractivity contribution < 1.29 is 4.79 Å². The Bertz CT molecular complexity index is 136. The van der Waals surface area contributed by atoms with Gasteiger partial charge in [-0.1, -0.05) is 4.79 Å². The summed E-state index contributed by atoms with van der Waals surface area (Å²) in [6.07, 6.45) is 1.29. The highest BCUT2D eigenvalue weighted by Crippen LogP contribution is 1.44. The largest absolute Gasteiger partial charge is 0.282 e. The average Bonchev–Trinajstić information content (AvgIpc) is 1.91. The molecule has 0 aliphatic carbocycles. The zero-order valence-corrected chi connectivity index (χ0v) is 3.52. The first kappa shape index (κ1) is 3.85. The van der Waals surface area contributed by atoms with Crippen molar-refractivity contribution in [3.05, 3.63) is 6.33 Å². The second kappa shape index (κ2) is 1.07. The van der Waals surface area contributed by atoms with Gasteiger partial charge in [0, 0.05) is 0 Å². The molecule has 1 aromatic heterocycles. The number of rotatable bonds is 0. The molecule has 0 aliphatic heterocycles. The van der Waals surface area contributed by atoms with Gasteiger partial charge in [-0.2, -0.15) is 0 Å².